The Morgan fingerprint density at radius 2 is 1.35 bits per heavy atom. The topological polar surface area (TPSA) is 27.7 Å². The van der Waals surface area contributed by atoms with Crippen molar-refractivity contribution in [1.29, 1.82) is 0 Å². The van der Waals surface area contributed by atoms with Crippen molar-refractivity contribution in [3.05, 3.63) is 0 Å². The highest BCUT2D eigenvalue weighted by molar-refractivity contribution is 4.90. The van der Waals surface area contributed by atoms with Crippen LogP contribution in [0.1, 0.15) is 13.3 Å². The molecule has 0 aromatic heterocycles. The lowest BCUT2D eigenvalue weighted by molar-refractivity contribution is -0.486. The molecule has 1 aliphatic rings. The van der Waals surface area contributed by atoms with Crippen LogP contribution < -0.4 is 0 Å². The Morgan fingerprint density at radius 1 is 0.846 bits per heavy atom. The molecule has 1 unspecified atom stereocenters. The lowest BCUT2D eigenvalue weighted by atomic mass is 9.84. The van der Waals surface area contributed by atoms with Crippen LogP contribution in [0, 0.1) is 5.41 Å². The van der Waals surface area contributed by atoms with Crippen molar-refractivity contribution >= 4 is 0 Å². The van der Waals surface area contributed by atoms with E-state index in [0.29, 0.717) is 0 Å². The maximum atomic E-state index is 13.8. The normalized spacial score (nSPS) is 21.2. The highest BCUT2D eigenvalue weighted by Gasteiger charge is 2.78. The van der Waals surface area contributed by atoms with E-state index in [0.717, 1.165) is 0 Å². The molecule has 1 fully saturated rings. The van der Waals surface area contributed by atoms with Gasteiger partial charge in [-0.15, -0.1) is 0 Å². The minimum Gasteiger partial charge on any atom is -0.380 e. The van der Waals surface area contributed by atoms with Crippen molar-refractivity contribution in [2.75, 3.05) is 26.4 Å². The van der Waals surface area contributed by atoms with E-state index in [-0.39, 0.29) is 19.6 Å². The van der Waals surface area contributed by atoms with E-state index in [1.54, 1.807) is 6.92 Å². The molecule has 0 radical (unpaired) electrons. The third-order valence-electron chi connectivity index (χ3n) is 3.70. The Labute approximate surface area is 139 Å². The van der Waals surface area contributed by atoms with E-state index in [1.165, 1.54) is 0 Å². The maximum Gasteiger partial charge on any atom is 0.462 e. The van der Waals surface area contributed by atoms with Gasteiger partial charge in [0.15, 0.2) is 0 Å². The van der Waals surface area contributed by atoms with Gasteiger partial charge in [0.05, 0.1) is 19.8 Å². The standard InChI is InChI=1S/C12H13F11O3/c1-2-7(3-24-4-7)5-25-6-8(13,10(16,17)18)26-12(22,23)9(14,15)11(19,20)21/h2-6H2,1H3. The minimum absolute atomic E-state index is 0.00202. The molecule has 1 heterocycles. The van der Waals surface area contributed by atoms with Crippen LogP contribution >= 0.6 is 0 Å². The van der Waals surface area contributed by atoms with Crippen molar-refractivity contribution in [3.8, 4) is 0 Å². The smallest absolute Gasteiger partial charge is 0.380 e. The molecule has 0 bridgehead atoms. The van der Waals surface area contributed by atoms with Crippen LogP contribution in [0.4, 0.5) is 48.3 Å². The molecule has 0 aliphatic carbocycles. The summed E-state index contributed by atoms with van der Waals surface area (Å²) in [5, 5.41) is 0. The predicted molar refractivity (Wildman–Crippen MR) is 61.3 cm³/mol. The quantitative estimate of drug-likeness (QED) is 0.549. The first kappa shape index (κ1) is 23.1. The molecule has 3 nitrogen and oxygen atoms in total. The number of rotatable bonds is 8. The average molecular weight is 414 g/mol. The van der Waals surface area contributed by atoms with E-state index in [2.05, 4.69) is 9.47 Å². The molecule has 1 saturated heterocycles. The molecule has 0 saturated carbocycles. The van der Waals surface area contributed by atoms with Gasteiger partial charge in [-0.3, -0.25) is 4.74 Å². The van der Waals surface area contributed by atoms with Crippen LogP contribution in [0.15, 0.2) is 0 Å². The Kier molecular flexibility index (Phi) is 6.17. The predicted octanol–water partition coefficient (Wildman–Crippen LogP) is 4.46. The molecule has 0 aromatic carbocycles. The van der Waals surface area contributed by atoms with Crippen LogP contribution in [-0.2, 0) is 14.2 Å². The first-order valence-electron chi connectivity index (χ1n) is 6.87. The van der Waals surface area contributed by atoms with E-state index in [4.69, 9.17) is 4.74 Å². The average Bonchev–Trinajstić information content (AvgIpc) is 2.38. The van der Waals surface area contributed by atoms with Crippen LogP contribution in [0.5, 0.6) is 0 Å². The van der Waals surface area contributed by atoms with Gasteiger partial charge in [-0.2, -0.15) is 48.3 Å². The summed E-state index contributed by atoms with van der Waals surface area (Å²) in [7, 11) is 0. The van der Waals surface area contributed by atoms with Gasteiger partial charge >= 0.3 is 30.2 Å². The van der Waals surface area contributed by atoms with Gasteiger partial charge in [-0.25, -0.2) is 0 Å². The van der Waals surface area contributed by atoms with E-state index in [1.807, 2.05) is 0 Å². The van der Waals surface area contributed by atoms with Crippen molar-refractivity contribution in [2.45, 2.75) is 43.6 Å². The Hall–Kier alpha value is -0.890. The van der Waals surface area contributed by atoms with Gasteiger partial charge in [-0.05, 0) is 6.42 Å². The summed E-state index contributed by atoms with van der Waals surface area (Å²) in [6, 6.07) is 0. The van der Waals surface area contributed by atoms with Crippen LogP contribution in [0.2, 0.25) is 0 Å². The van der Waals surface area contributed by atoms with Gasteiger partial charge in [0.1, 0.15) is 6.61 Å². The van der Waals surface area contributed by atoms with Crippen LogP contribution in [0.25, 0.3) is 0 Å². The lowest BCUT2D eigenvalue weighted by Crippen LogP contribution is -2.60. The first-order valence-corrected chi connectivity index (χ1v) is 6.87. The van der Waals surface area contributed by atoms with Gasteiger partial charge in [0, 0.05) is 5.41 Å². The Morgan fingerprint density at radius 3 is 1.65 bits per heavy atom. The molecular formula is C12H13F11O3. The van der Waals surface area contributed by atoms with Gasteiger partial charge < -0.3 is 9.47 Å². The van der Waals surface area contributed by atoms with Crippen molar-refractivity contribution in [2.24, 2.45) is 5.41 Å². The molecular weight excluding hydrogens is 401 g/mol. The zero-order chi connectivity index (χ0) is 20.7. The number of halogens is 11. The summed E-state index contributed by atoms with van der Waals surface area (Å²) >= 11 is 0. The second kappa shape index (κ2) is 6.93. The second-order valence-corrected chi connectivity index (χ2v) is 5.76. The molecule has 14 heteroatoms. The van der Waals surface area contributed by atoms with Gasteiger partial charge in [0.2, 0.25) is 0 Å². The summed E-state index contributed by atoms with van der Waals surface area (Å²) in [4.78, 5) is 0. The highest BCUT2D eigenvalue weighted by Crippen LogP contribution is 2.51. The fourth-order valence-corrected chi connectivity index (χ4v) is 1.78. The van der Waals surface area contributed by atoms with Crippen molar-refractivity contribution < 1.29 is 62.5 Å². The summed E-state index contributed by atoms with van der Waals surface area (Å²) in [5.74, 6) is -12.7. The summed E-state index contributed by atoms with van der Waals surface area (Å²) in [5.41, 5.74) is -0.842. The highest BCUT2D eigenvalue weighted by atomic mass is 19.4. The van der Waals surface area contributed by atoms with E-state index < -0.39 is 48.9 Å². The SMILES string of the molecule is CCC1(COCC(F)(OC(F)(F)C(F)(F)C(F)(F)F)C(F)(F)F)COC1. The molecule has 0 N–H and O–H groups in total. The molecule has 26 heavy (non-hydrogen) atoms. The maximum absolute atomic E-state index is 13.8. The molecule has 1 atom stereocenters. The van der Waals surface area contributed by atoms with Gasteiger partial charge in [-0.1, -0.05) is 6.92 Å². The number of hydrogen-bond acceptors (Lipinski definition) is 3. The summed E-state index contributed by atoms with van der Waals surface area (Å²) in [6.07, 6.45) is -19.9. The van der Waals surface area contributed by atoms with Crippen molar-refractivity contribution in [1.82, 2.24) is 0 Å². The number of alkyl halides is 11. The molecule has 1 rings (SSSR count). The monoisotopic (exact) mass is 414 g/mol. The van der Waals surface area contributed by atoms with Gasteiger partial charge in [0.25, 0.3) is 0 Å². The molecule has 156 valence electrons. The lowest BCUT2D eigenvalue weighted by Gasteiger charge is -2.41. The Bertz CT molecular complexity index is 478. The Balaban J connectivity index is 2.95. The van der Waals surface area contributed by atoms with E-state index >= 15 is 0 Å². The summed E-state index contributed by atoms with van der Waals surface area (Å²) in [6.45, 7) is -1.46. The second-order valence-electron chi connectivity index (χ2n) is 5.76. The fourth-order valence-electron chi connectivity index (χ4n) is 1.78. The third-order valence-corrected chi connectivity index (χ3v) is 3.70. The fraction of sp³-hybridized carbons (Fsp3) is 1.00. The zero-order valence-corrected chi connectivity index (χ0v) is 12.9. The number of ether oxygens (including phenoxy) is 3. The molecule has 0 spiro atoms. The minimum atomic E-state index is -7.07. The van der Waals surface area contributed by atoms with Crippen LogP contribution in [-0.4, -0.2) is 56.7 Å². The molecule has 0 amide bonds. The van der Waals surface area contributed by atoms with E-state index in [9.17, 15) is 48.3 Å². The largest absolute Gasteiger partial charge is 0.462 e. The number of hydrogen-bond donors (Lipinski definition) is 0. The third kappa shape index (κ3) is 4.32. The summed E-state index contributed by atoms with van der Waals surface area (Å²) < 4.78 is 150. The first-order chi connectivity index (χ1) is 11.4. The molecule has 1 aliphatic heterocycles. The van der Waals surface area contributed by atoms with Crippen LogP contribution in [0.3, 0.4) is 0 Å². The molecule has 0 aromatic rings. The van der Waals surface area contributed by atoms with Crippen molar-refractivity contribution in [3.63, 3.8) is 0 Å². The zero-order valence-electron chi connectivity index (χ0n) is 12.9.